The Morgan fingerprint density at radius 1 is 1.07 bits per heavy atom. The average Bonchev–Trinajstić information content (AvgIpc) is 1.95. The molecule has 0 saturated carbocycles. The normalized spacial score (nSPS) is 11.8. The van der Waals surface area contributed by atoms with Crippen molar-refractivity contribution in [2.75, 3.05) is 0 Å². The van der Waals surface area contributed by atoms with Crippen LogP contribution in [0.25, 0.3) is 0 Å². The zero-order chi connectivity index (χ0) is 10.9. The average molecular weight is 230 g/mol. The van der Waals surface area contributed by atoms with E-state index in [1.807, 2.05) is 0 Å². The standard InChI is InChI=1S/C7H3F5OS/c8-4-1-3(13)2-5(9)6(4)14-7(10,11)12/h1-2,13H. The van der Waals surface area contributed by atoms with E-state index in [1.165, 1.54) is 0 Å². The first-order chi connectivity index (χ1) is 6.29. The van der Waals surface area contributed by atoms with Crippen LogP contribution in [0.15, 0.2) is 17.0 Å². The number of hydrogen-bond acceptors (Lipinski definition) is 2. The molecule has 1 N–H and O–H groups in total. The molecular formula is C7H3F5OS. The third kappa shape index (κ3) is 2.76. The van der Waals surface area contributed by atoms with Gasteiger partial charge in [0.25, 0.3) is 0 Å². The topological polar surface area (TPSA) is 20.2 Å². The lowest BCUT2D eigenvalue weighted by atomic mass is 10.3. The van der Waals surface area contributed by atoms with Crippen LogP contribution in [-0.4, -0.2) is 10.6 Å². The number of rotatable bonds is 1. The second kappa shape index (κ2) is 3.64. The predicted molar refractivity (Wildman–Crippen MR) is 39.9 cm³/mol. The monoisotopic (exact) mass is 230 g/mol. The van der Waals surface area contributed by atoms with E-state index >= 15 is 0 Å². The zero-order valence-corrected chi connectivity index (χ0v) is 7.22. The number of halogens is 5. The Labute approximate surface area is 79.5 Å². The molecule has 7 heteroatoms. The van der Waals surface area contributed by atoms with Crippen molar-refractivity contribution < 1.29 is 27.1 Å². The van der Waals surface area contributed by atoms with Crippen molar-refractivity contribution in [3.63, 3.8) is 0 Å². The van der Waals surface area contributed by atoms with E-state index in [9.17, 15) is 22.0 Å². The van der Waals surface area contributed by atoms with E-state index in [4.69, 9.17) is 5.11 Å². The van der Waals surface area contributed by atoms with Crippen LogP contribution in [0.2, 0.25) is 0 Å². The van der Waals surface area contributed by atoms with Gasteiger partial charge in [0.2, 0.25) is 0 Å². The summed E-state index contributed by atoms with van der Waals surface area (Å²) in [6, 6.07) is 0.828. The van der Waals surface area contributed by atoms with Crippen molar-refractivity contribution in [1.82, 2.24) is 0 Å². The van der Waals surface area contributed by atoms with Gasteiger partial charge in [0.15, 0.2) is 0 Å². The first-order valence-electron chi connectivity index (χ1n) is 3.23. The van der Waals surface area contributed by atoms with Gasteiger partial charge in [0.1, 0.15) is 17.4 Å². The Balaban J connectivity index is 3.09. The van der Waals surface area contributed by atoms with Gasteiger partial charge in [-0.1, -0.05) is 0 Å². The number of benzene rings is 1. The van der Waals surface area contributed by atoms with Crippen molar-refractivity contribution in [3.8, 4) is 5.75 Å². The number of thioether (sulfide) groups is 1. The van der Waals surface area contributed by atoms with Crippen LogP contribution in [0, 0.1) is 11.6 Å². The lowest BCUT2D eigenvalue weighted by Gasteiger charge is -2.07. The second-order valence-corrected chi connectivity index (χ2v) is 3.36. The number of hydrogen-bond donors (Lipinski definition) is 1. The summed E-state index contributed by atoms with van der Waals surface area (Å²) in [7, 11) is 0. The number of phenols is 1. The third-order valence-electron chi connectivity index (χ3n) is 1.20. The highest BCUT2D eigenvalue weighted by Crippen LogP contribution is 2.40. The minimum absolute atomic E-state index is 0.414. The van der Waals surface area contributed by atoms with Gasteiger partial charge >= 0.3 is 5.51 Å². The molecule has 0 fully saturated rings. The van der Waals surface area contributed by atoms with Gasteiger partial charge in [-0.2, -0.15) is 13.2 Å². The van der Waals surface area contributed by atoms with Gasteiger partial charge < -0.3 is 5.11 Å². The smallest absolute Gasteiger partial charge is 0.446 e. The molecule has 0 aliphatic rings. The Kier molecular flexibility index (Phi) is 2.89. The molecule has 0 saturated heterocycles. The molecule has 1 aromatic carbocycles. The number of aromatic hydroxyl groups is 1. The molecule has 14 heavy (non-hydrogen) atoms. The molecule has 0 aliphatic carbocycles. The fraction of sp³-hybridized carbons (Fsp3) is 0.143. The Hall–Kier alpha value is -0.980. The van der Waals surface area contributed by atoms with Gasteiger partial charge in [-0.05, 0) is 11.8 Å². The number of phenolic OH excluding ortho intramolecular Hbond substituents is 1. The fourth-order valence-corrected chi connectivity index (χ4v) is 1.30. The molecule has 0 amide bonds. The molecule has 1 rings (SSSR count). The lowest BCUT2D eigenvalue weighted by Crippen LogP contribution is -2.02. The van der Waals surface area contributed by atoms with Gasteiger partial charge in [0.05, 0.1) is 4.90 Å². The quantitative estimate of drug-likeness (QED) is 0.590. The molecular weight excluding hydrogens is 227 g/mol. The van der Waals surface area contributed by atoms with Crippen molar-refractivity contribution in [3.05, 3.63) is 23.8 Å². The van der Waals surface area contributed by atoms with Crippen molar-refractivity contribution in [1.29, 1.82) is 0 Å². The lowest BCUT2D eigenvalue weighted by molar-refractivity contribution is -0.0330. The van der Waals surface area contributed by atoms with Crippen LogP contribution in [0.5, 0.6) is 5.75 Å². The molecule has 0 heterocycles. The molecule has 0 aromatic heterocycles. The summed E-state index contributed by atoms with van der Waals surface area (Å²) in [6.07, 6.45) is 0. The summed E-state index contributed by atoms with van der Waals surface area (Å²) in [5.74, 6) is -3.64. The zero-order valence-electron chi connectivity index (χ0n) is 6.40. The Morgan fingerprint density at radius 2 is 1.50 bits per heavy atom. The predicted octanol–water partition coefficient (Wildman–Crippen LogP) is 3.28. The molecule has 0 aliphatic heterocycles. The van der Waals surface area contributed by atoms with Crippen molar-refractivity contribution >= 4 is 11.8 Å². The summed E-state index contributed by atoms with van der Waals surface area (Å²) < 4.78 is 60.7. The molecule has 1 aromatic rings. The Morgan fingerprint density at radius 3 is 1.86 bits per heavy atom. The van der Waals surface area contributed by atoms with Gasteiger partial charge in [-0.3, -0.25) is 0 Å². The summed E-state index contributed by atoms with van der Waals surface area (Å²) in [4.78, 5) is -1.17. The van der Waals surface area contributed by atoms with Gasteiger partial charge in [0, 0.05) is 12.1 Å². The van der Waals surface area contributed by atoms with Gasteiger partial charge in [-0.15, -0.1) is 0 Å². The van der Waals surface area contributed by atoms with Crippen LogP contribution >= 0.6 is 11.8 Å². The maximum atomic E-state index is 12.7. The molecule has 0 atom stereocenters. The maximum absolute atomic E-state index is 12.7. The minimum Gasteiger partial charge on any atom is -0.508 e. The first-order valence-corrected chi connectivity index (χ1v) is 4.05. The van der Waals surface area contributed by atoms with E-state index < -0.39 is 39.5 Å². The fourth-order valence-electron chi connectivity index (χ4n) is 0.760. The van der Waals surface area contributed by atoms with E-state index in [-0.39, 0.29) is 0 Å². The highest BCUT2D eigenvalue weighted by Gasteiger charge is 2.32. The number of alkyl halides is 3. The molecule has 0 spiro atoms. The summed E-state index contributed by atoms with van der Waals surface area (Å²) in [6.45, 7) is 0. The molecule has 0 bridgehead atoms. The third-order valence-corrected chi connectivity index (χ3v) is 2.03. The molecule has 1 nitrogen and oxygen atoms in total. The highest BCUT2D eigenvalue weighted by molar-refractivity contribution is 8.00. The first kappa shape index (κ1) is 11.1. The SMILES string of the molecule is Oc1cc(F)c(SC(F)(F)F)c(F)c1. The van der Waals surface area contributed by atoms with E-state index in [2.05, 4.69) is 0 Å². The summed E-state index contributed by atoms with van der Waals surface area (Å²) >= 11 is -0.898. The molecule has 78 valence electrons. The summed E-state index contributed by atoms with van der Waals surface area (Å²) in [5.41, 5.74) is -4.77. The minimum atomic E-state index is -4.77. The largest absolute Gasteiger partial charge is 0.508 e. The van der Waals surface area contributed by atoms with E-state index in [1.54, 1.807) is 0 Å². The van der Waals surface area contributed by atoms with Crippen molar-refractivity contribution in [2.45, 2.75) is 10.4 Å². The van der Waals surface area contributed by atoms with Crippen LogP contribution in [0.3, 0.4) is 0 Å². The van der Waals surface area contributed by atoms with E-state index in [0.717, 1.165) is 0 Å². The van der Waals surface area contributed by atoms with E-state index in [0.29, 0.717) is 12.1 Å². The highest BCUT2D eigenvalue weighted by atomic mass is 32.2. The van der Waals surface area contributed by atoms with Gasteiger partial charge in [-0.25, -0.2) is 8.78 Å². The van der Waals surface area contributed by atoms with Crippen LogP contribution in [0.1, 0.15) is 0 Å². The van der Waals surface area contributed by atoms with Crippen LogP contribution in [0.4, 0.5) is 22.0 Å². The van der Waals surface area contributed by atoms with Crippen molar-refractivity contribution in [2.24, 2.45) is 0 Å². The molecule has 0 radical (unpaired) electrons. The Bertz CT molecular complexity index is 325. The molecule has 0 unspecified atom stereocenters. The summed E-state index contributed by atoms with van der Waals surface area (Å²) in [5, 5.41) is 8.65. The van der Waals surface area contributed by atoms with Crippen LogP contribution in [-0.2, 0) is 0 Å². The second-order valence-electron chi connectivity index (χ2n) is 2.29. The maximum Gasteiger partial charge on any atom is 0.446 e. The van der Waals surface area contributed by atoms with Crippen LogP contribution < -0.4 is 0 Å².